The molecule has 3 rings (SSSR count). The third-order valence-electron chi connectivity index (χ3n) is 3.78. The molecule has 9 heteroatoms. The number of hydrogen-bond acceptors (Lipinski definition) is 4. The lowest BCUT2D eigenvalue weighted by Gasteiger charge is -2.13. The third kappa shape index (κ3) is 4.81. The molecule has 0 aliphatic rings. The third-order valence-corrected chi connectivity index (χ3v) is 6.67. The number of ether oxygens (including phenoxy) is 1. The number of carbonyl (C=O) groups is 1. The topological polar surface area (TPSA) is 80.7 Å². The molecule has 0 atom stereocenters. The number of rotatable bonds is 6. The molecule has 3 aromatic rings. The Bertz CT molecular complexity index is 1060. The number of carbonyl (C=O) groups excluding carboxylic acids is 1. The summed E-state index contributed by atoms with van der Waals surface area (Å²) in [4.78, 5) is 14.6. The lowest BCUT2D eigenvalue weighted by molar-refractivity contribution is -0.135. The first-order valence-electron chi connectivity index (χ1n) is 8.22. The van der Waals surface area contributed by atoms with Crippen molar-refractivity contribution >= 4 is 27.0 Å². The highest BCUT2D eigenvalue weighted by atomic mass is 32.2. The second-order valence-electron chi connectivity index (χ2n) is 5.79. The summed E-state index contributed by atoms with van der Waals surface area (Å²) >= 11 is 0. The maximum atomic E-state index is 13.4. The van der Waals surface area contributed by atoms with Crippen molar-refractivity contribution in [3.8, 4) is 0 Å². The van der Waals surface area contributed by atoms with Gasteiger partial charge in [-0.05, 0) is 36.4 Å². The molecule has 0 radical (unpaired) electrons. The Morgan fingerprint density at radius 3 is 1.79 bits per heavy atom. The zero-order chi connectivity index (χ0) is 21.1. The molecule has 0 spiro atoms. The van der Waals surface area contributed by atoms with Crippen molar-refractivity contribution in [3.63, 3.8) is 0 Å². The Kier molecular flexibility index (Phi) is 6.02. The van der Waals surface area contributed by atoms with Gasteiger partial charge in [-0.3, -0.25) is 4.55 Å². The van der Waals surface area contributed by atoms with Gasteiger partial charge in [0.05, 0.1) is 16.5 Å². The standard InChI is InChI=1S/C20H14F2O5S2/c21-20(22,29(24,25)26)27-19(23)15-8-7-13-18(14-15)28(16-9-3-1-4-10-16)17-11-5-2-6-12-17/h1-14H/p+1. The molecule has 0 unspecified atom stereocenters. The minimum absolute atomic E-state index is 0.268. The van der Waals surface area contributed by atoms with Gasteiger partial charge in [0.1, 0.15) is 0 Å². The molecule has 0 saturated carbocycles. The summed E-state index contributed by atoms with van der Waals surface area (Å²) in [5.41, 5.74) is -5.31. The first kappa shape index (κ1) is 21.0. The largest absolute Gasteiger partial charge is 0.536 e. The summed E-state index contributed by atoms with van der Waals surface area (Å²) in [5, 5.41) is 0. The number of halogens is 2. The molecule has 0 heterocycles. The second-order valence-corrected chi connectivity index (χ2v) is 9.24. The van der Waals surface area contributed by atoms with E-state index in [4.69, 9.17) is 4.55 Å². The molecule has 3 aromatic carbocycles. The Morgan fingerprint density at radius 2 is 1.31 bits per heavy atom. The van der Waals surface area contributed by atoms with Gasteiger partial charge >= 0.3 is 21.5 Å². The second kappa shape index (κ2) is 8.32. The van der Waals surface area contributed by atoms with Gasteiger partial charge in [-0.15, -0.1) is 8.78 Å². The van der Waals surface area contributed by atoms with Gasteiger partial charge in [0.25, 0.3) is 0 Å². The molecule has 0 aliphatic carbocycles. The van der Waals surface area contributed by atoms with Gasteiger partial charge in [-0.2, -0.15) is 8.42 Å². The van der Waals surface area contributed by atoms with Crippen molar-refractivity contribution in [1.82, 2.24) is 0 Å². The van der Waals surface area contributed by atoms with Gasteiger partial charge in [0, 0.05) is 6.07 Å². The van der Waals surface area contributed by atoms with Crippen LogP contribution in [0.1, 0.15) is 10.4 Å². The monoisotopic (exact) mass is 437 g/mol. The van der Waals surface area contributed by atoms with Crippen LogP contribution in [0.3, 0.4) is 0 Å². The van der Waals surface area contributed by atoms with Crippen molar-refractivity contribution in [2.75, 3.05) is 0 Å². The van der Waals surface area contributed by atoms with Crippen LogP contribution in [0.4, 0.5) is 8.78 Å². The molecule has 0 amide bonds. The van der Waals surface area contributed by atoms with Crippen LogP contribution < -0.4 is 0 Å². The first-order chi connectivity index (χ1) is 13.7. The van der Waals surface area contributed by atoms with Crippen LogP contribution in [0.2, 0.25) is 0 Å². The van der Waals surface area contributed by atoms with Crippen LogP contribution in [0, 0.1) is 0 Å². The van der Waals surface area contributed by atoms with Crippen LogP contribution in [-0.2, 0) is 25.7 Å². The van der Waals surface area contributed by atoms with E-state index in [0.29, 0.717) is 4.90 Å². The molecule has 5 nitrogen and oxygen atoms in total. The molecule has 0 aromatic heterocycles. The lowest BCUT2D eigenvalue weighted by atomic mass is 10.2. The van der Waals surface area contributed by atoms with E-state index in [2.05, 4.69) is 4.74 Å². The minimum atomic E-state index is -5.89. The van der Waals surface area contributed by atoms with E-state index >= 15 is 0 Å². The summed E-state index contributed by atoms with van der Waals surface area (Å²) in [6, 6.07) is 24.6. The SMILES string of the molecule is O=C(OC(F)(F)S(=O)(=O)O)c1cccc([S+](c2ccccc2)c2ccccc2)c1. The van der Waals surface area contributed by atoms with Gasteiger partial charge in [-0.25, -0.2) is 4.79 Å². The normalized spacial score (nSPS) is 12.0. The first-order valence-corrected chi connectivity index (χ1v) is 10.9. The molecule has 1 N–H and O–H groups in total. The summed E-state index contributed by atoms with van der Waals surface area (Å²) in [6.45, 7) is 0. The fraction of sp³-hybridized carbons (Fsp3) is 0.0500. The van der Waals surface area contributed by atoms with Crippen LogP contribution in [0.25, 0.3) is 0 Å². The Balaban J connectivity index is 2.01. The number of alkyl halides is 2. The van der Waals surface area contributed by atoms with E-state index in [9.17, 15) is 22.0 Å². The van der Waals surface area contributed by atoms with Crippen molar-refractivity contribution in [2.24, 2.45) is 0 Å². The molecule has 150 valence electrons. The summed E-state index contributed by atoms with van der Waals surface area (Å²) in [6.07, 6.45) is 0. The van der Waals surface area contributed by atoms with Crippen molar-refractivity contribution in [1.29, 1.82) is 0 Å². The summed E-state index contributed by atoms with van der Waals surface area (Å²) in [7, 11) is -6.54. The van der Waals surface area contributed by atoms with E-state index < -0.39 is 32.4 Å². The highest BCUT2D eigenvalue weighted by Crippen LogP contribution is 2.32. The number of hydrogen-bond donors (Lipinski definition) is 1. The molecular weight excluding hydrogens is 422 g/mol. The summed E-state index contributed by atoms with van der Waals surface area (Å²) in [5.74, 6) is -1.57. The lowest BCUT2D eigenvalue weighted by Crippen LogP contribution is -2.34. The highest BCUT2D eigenvalue weighted by Gasteiger charge is 2.49. The Hall–Kier alpha value is -2.75. The number of benzene rings is 3. The molecule has 0 bridgehead atoms. The van der Waals surface area contributed by atoms with Crippen molar-refractivity contribution in [2.45, 2.75) is 20.1 Å². The maximum absolute atomic E-state index is 13.4. The molecule has 29 heavy (non-hydrogen) atoms. The fourth-order valence-corrected chi connectivity index (χ4v) is 4.81. The average molecular weight is 437 g/mol. The zero-order valence-electron chi connectivity index (χ0n) is 14.7. The predicted octanol–water partition coefficient (Wildman–Crippen LogP) is 4.38. The van der Waals surface area contributed by atoms with E-state index in [0.717, 1.165) is 9.79 Å². The van der Waals surface area contributed by atoms with Crippen LogP contribution in [-0.4, -0.2) is 24.4 Å². The van der Waals surface area contributed by atoms with Gasteiger partial charge in [0.15, 0.2) is 14.7 Å². The van der Waals surface area contributed by atoms with E-state index in [1.54, 1.807) is 6.07 Å². The van der Waals surface area contributed by atoms with Gasteiger partial charge in [-0.1, -0.05) is 42.5 Å². The average Bonchev–Trinajstić information content (AvgIpc) is 2.69. The fourth-order valence-electron chi connectivity index (χ4n) is 2.49. The van der Waals surface area contributed by atoms with Crippen LogP contribution >= 0.6 is 0 Å². The van der Waals surface area contributed by atoms with E-state index in [1.165, 1.54) is 18.2 Å². The molecular formula is C20H15F2O5S2+. The number of esters is 1. The maximum Gasteiger partial charge on any atom is 0.536 e. The molecule has 0 aliphatic heterocycles. The van der Waals surface area contributed by atoms with E-state index in [1.807, 2.05) is 60.7 Å². The highest BCUT2D eigenvalue weighted by molar-refractivity contribution is 7.97. The van der Waals surface area contributed by atoms with Gasteiger partial charge < -0.3 is 4.74 Å². The van der Waals surface area contributed by atoms with Crippen molar-refractivity contribution < 1.29 is 31.3 Å². The van der Waals surface area contributed by atoms with Crippen LogP contribution in [0.5, 0.6) is 0 Å². The molecule has 0 fully saturated rings. The molecule has 0 saturated heterocycles. The smallest absolute Gasteiger partial charge is 0.383 e. The van der Waals surface area contributed by atoms with E-state index in [-0.39, 0.29) is 5.56 Å². The minimum Gasteiger partial charge on any atom is -0.383 e. The quantitative estimate of drug-likeness (QED) is 0.352. The van der Waals surface area contributed by atoms with Crippen molar-refractivity contribution in [3.05, 3.63) is 90.5 Å². The van der Waals surface area contributed by atoms with Crippen LogP contribution in [0.15, 0.2) is 99.6 Å². The predicted molar refractivity (Wildman–Crippen MR) is 103 cm³/mol. The summed E-state index contributed by atoms with van der Waals surface area (Å²) < 4.78 is 60.4. The zero-order valence-corrected chi connectivity index (χ0v) is 16.4. The van der Waals surface area contributed by atoms with Gasteiger partial charge in [0.2, 0.25) is 0 Å². The Labute approximate surface area is 169 Å². The Morgan fingerprint density at radius 1 is 0.828 bits per heavy atom.